The number of nitrogens with one attached hydrogen (secondary N) is 1. The Morgan fingerprint density at radius 3 is 2.20 bits per heavy atom. The Labute approximate surface area is 144 Å². The maximum Gasteiger partial charge on any atom is 0.335 e. The van der Waals surface area contributed by atoms with Crippen LogP contribution in [0.5, 0.6) is 11.5 Å². The van der Waals surface area contributed by atoms with Crippen LogP contribution in [-0.2, 0) is 12.1 Å². The van der Waals surface area contributed by atoms with Crippen molar-refractivity contribution >= 4 is 5.97 Å². The first-order chi connectivity index (χ1) is 12.2. The van der Waals surface area contributed by atoms with E-state index in [0.29, 0.717) is 12.1 Å². The lowest BCUT2D eigenvalue weighted by molar-refractivity contribution is 0.0696. The van der Waals surface area contributed by atoms with Crippen molar-refractivity contribution in [2.75, 3.05) is 0 Å². The molecule has 0 saturated heterocycles. The highest BCUT2D eigenvalue weighted by atomic mass is 16.5. The lowest BCUT2D eigenvalue weighted by Gasteiger charge is -2.38. The van der Waals surface area contributed by atoms with E-state index in [4.69, 9.17) is 4.74 Å². The van der Waals surface area contributed by atoms with E-state index in [1.165, 1.54) is 0 Å². The highest BCUT2D eigenvalue weighted by molar-refractivity contribution is 5.88. The molecule has 0 fully saturated rings. The lowest BCUT2D eigenvalue weighted by Crippen LogP contribution is -2.41. The number of fused-ring (bicyclic) bond motifs is 6. The zero-order chi connectivity index (χ0) is 17.0. The molecule has 0 aromatic heterocycles. The minimum atomic E-state index is -0.918. The van der Waals surface area contributed by atoms with Gasteiger partial charge in [0.05, 0.1) is 5.56 Å². The zero-order valence-electron chi connectivity index (χ0n) is 13.3. The first-order valence-corrected chi connectivity index (χ1v) is 8.19. The van der Waals surface area contributed by atoms with E-state index < -0.39 is 11.5 Å². The molecule has 0 bridgehead atoms. The molecule has 122 valence electrons. The van der Waals surface area contributed by atoms with Crippen molar-refractivity contribution in [3.63, 3.8) is 0 Å². The van der Waals surface area contributed by atoms with Gasteiger partial charge in [-0.15, -0.1) is 0 Å². The first-order valence-electron chi connectivity index (χ1n) is 8.19. The highest BCUT2D eigenvalue weighted by Gasteiger charge is 2.47. The quantitative estimate of drug-likeness (QED) is 0.711. The van der Waals surface area contributed by atoms with Gasteiger partial charge in [-0.1, -0.05) is 42.5 Å². The Hall–Kier alpha value is -3.11. The number of hydrogen-bond donors (Lipinski definition) is 2. The minimum Gasteiger partial charge on any atom is -0.478 e. The van der Waals surface area contributed by atoms with Gasteiger partial charge in [0.25, 0.3) is 0 Å². The van der Waals surface area contributed by atoms with Crippen LogP contribution in [-0.4, -0.2) is 11.1 Å². The molecule has 2 aliphatic rings. The number of ether oxygens (including phenoxy) is 1. The molecule has 0 saturated carbocycles. The Bertz CT molecular complexity index is 980. The van der Waals surface area contributed by atoms with E-state index in [-0.39, 0.29) is 0 Å². The summed E-state index contributed by atoms with van der Waals surface area (Å²) in [6.45, 7) is 0.678. The third kappa shape index (κ3) is 1.83. The van der Waals surface area contributed by atoms with Gasteiger partial charge in [-0.2, -0.15) is 0 Å². The van der Waals surface area contributed by atoms with Crippen molar-refractivity contribution in [3.8, 4) is 11.5 Å². The molecule has 25 heavy (non-hydrogen) atoms. The molecule has 0 radical (unpaired) electrons. The molecule has 1 spiro atoms. The van der Waals surface area contributed by atoms with Crippen molar-refractivity contribution in [1.29, 1.82) is 0 Å². The van der Waals surface area contributed by atoms with Crippen molar-refractivity contribution < 1.29 is 14.6 Å². The zero-order valence-corrected chi connectivity index (χ0v) is 13.3. The number of hydrogen-bond acceptors (Lipinski definition) is 3. The van der Waals surface area contributed by atoms with Crippen molar-refractivity contribution in [2.45, 2.75) is 12.1 Å². The fourth-order valence-electron chi connectivity index (χ4n) is 4.01. The SMILES string of the molecule is O=C(O)c1ccc2c(c1)C1(NC2)c2ccccc2Oc2ccccc21. The average molecular weight is 329 g/mol. The minimum absolute atomic E-state index is 0.295. The van der Waals surface area contributed by atoms with Crippen LogP contribution in [0.3, 0.4) is 0 Å². The molecular weight excluding hydrogens is 314 g/mol. The van der Waals surface area contributed by atoms with Crippen LogP contribution in [0, 0.1) is 0 Å². The third-order valence-corrected chi connectivity index (χ3v) is 5.11. The van der Waals surface area contributed by atoms with E-state index >= 15 is 0 Å². The van der Waals surface area contributed by atoms with Gasteiger partial charge in [0.1, 0.15) is 17.0 Å². The van der Waals surface area contributed by atoms with Crippen LogP contribution >= 0.6 is 0 Å². The van der Waals surface area contributed by atoms with E-state index in [1.54, 1.807) is 12.1 Å². The monoisotopic (exact) mass is 329 g/mol. The van der Waals surface area contributed by atoms with Gasteiger partial charge < -0.3 is 9.84 Å². The Morgan fingerprint density at radius 1 is 0.920 bits per heavy atom. The van der Waals surface area contributed by atoms with Crippen molar-refractivity contribution in [3.05, 3.63) is 94.5 Å². The lowest BCUT2D eigenvalue weighted by atomic mass is 9.75. The maximum atomic E-state index is 11.5. The van der Waals surface area contributed by atoms with Crippen LogP contribution in [0.1, 0.15) is 32.6 Å². The molecule has 2 heterocycles. The predicted molar refractivity (Wildman–Crippen MR) is 93.1 cm³/mol. The molecule has 2 aliphatic heterocycles. The first kappa shape index (κ1) is 14.3. The summed E-state index contributed by atoms with van der Waals surface area (Å²) in [7, 11) is 0. The second-order valence-electron chi connectivity index (χ2n) is 6.38. The Balaban J connectivity index is 1.87. The number of benzene rings is 3. The van der Waals surface area contributed by atoms with Gasteiger partial charge in [0.2, 0.25) is 0 Å². The van der Waals surface area contributed by atoms with Crippen LogP contribution in [0.4, 0.5) is 0 Å². The summed E-state index contributed by atoms with van der Waals surface area (Å²) >= 11 is 0. The van der Waals surface area contributed by atoms with Gasteiger partial charge in [0, 0.05) is 17.7 Å². The van der Waals surface area contributed by atoms with Gasteiger partial charge in [-0.3, -0.25) is 5.32 Å². The maximum absolute atomic E-state index is 11.5. The largest absolute Gasteiger partial charge is 0.478 e. The summed E-state index contributed by atoms with van der Waals surface area (Å²) in [6, 6.07) is 21.2. The van der Waals surface area contributed by atoms with E-state index in [2.05, 4.69) is 5.32 Å². The second kappa shape index (κ2) is 4.94. The topological polar surface area (TPSA) is 58.6 Å². The standard InChI is InChI=1S/C21H15NO3/c23-20(24)13-9-10-14-12-22-21(17(14)11-13)15-5-1-3-7-18(15)25-19-8-4-2-6-16(19)21/h1-11,22H,12H2,(H,23,24). The normalized spacial score (nSPS) is 15.8. The summed E-state index contributed by atoms with van der Waals surface area (Å²) in [4.78, 5) is 11.5. The molecule has 0 amide bonds. The number of para-hydroxylation sites is 2. The molecule has 0 unspecified atom stereocenters. The van der Waals surface area contributed by atoms with Crippen LogP contribution in [0.2, 0.25) is 0 Å². The molecule has 0 aliphatic carbocycles. The van der Waals surface area contributed by atoms with Crippen molar-refractivity contribution in [1.82, 2.24) is 5.32 Å². The second-order valence-corrected chi connectivity index (χ2v) is 6.38. The summed E-state index contributed by atoms with van der Waals surface area (Å²) in [5, 5.41) is 13.1. The number of carboxylic acid groups (broad SMARTS) is 1. The molecular formula is C21H15NO3. The molecule has 3 aromatic carbocycles. The number of aromatic carboxylic acids is 1. The smallest absolute Gasteiger partial charge is 0.335 e. The van der Waals surface area contributed by atoms with Crippen molar-refractivity contribution in [2.24, 2.45) is 0 Å². The average Bonchev–Trinajstić information content (AvgIpc) is 3.02. The van der Waals surface area contributed by atoms with Crippen LogP contribution in [0.25, 0.3) is 0 Å². The predicted octanol–water partition coefficient (Wildman–Crippen LogP) is 3.89. The van der Waals surface area contributed by atoms with Gasteiger partial charge in [-0.25, -0.2) is 4.79 Å². The Morgan fingerprint density at radius 2 is 1.56 bits per heavy atom. The molecule has 4 nitrogen and oxygen atoms in total. The summed E-state index contributed by atoms with van der Waals surface area (Å²) in [5.41, 5.74) is 3.81. The summed E-state index contributed by atoms with van der Waals surface area (Å²) in [6.07, 6.45) is 0. The van der Waals surface area contributed by atoms with Crippen LogP contribution in [0.15, 0.2) is 66.7 Å². The number of rotatable bonds is 1. The molecule has 3 aromatic rings. The number of carboxylic acids is 1. The fourth-order valence-corrected chi connectivity index (χ4v) is 4.01. The van der Waals surface area contributed by atoms with Gasteiger partial charge >= 0.3 is 5.97 Å². The molecule has 2 N–H and O–H groups in total. The highest BCUT2D eigenvalue weighted by Crippen LogP contribution is 2.52. The Kier molecular flexibility index (Phi) is 2.82. The van der Waals surface area contributed by atoms with E-state index in [9.17, 15) is 9.90 Å². The van der Waals surface area contributed by atoms with Crippen LogP contribution < -0.4 is 10.1 Å². The molecule has 0 atom stereocenters. The third-order valence-electron chi connectivity index (χ3n) is 5.11. The van der Waals surface area contributed by atoms with E-state index in [1.807, 2.05) is 54.6 Å². The summed E-state index contributed by atoms with van der Waals surface area (Å²) < 4.78 is 6.10. The van der Waals surface area contributed by atoms with E-state index in [0.717, 1.165) is 33.8 Å². The summed E-state index contributed by atoms with van der Waals surface area (Å²) in [5.74, 6) is 0.669. The molecule has 4 heteroatoms. The number of carbonyl (C=O) groups is 1. The molecule has 5 rings (SSSR count). The van der Waals surface area contributed by atoms with Gasteiger partial charge in [-0.05, 0) is 35.4 Å². The fraction of sp³-hybridized carbons (Fsp3) is 0.0952. The van der Waals surface area contributed by atoms with Gasteiger partial charge in [0.15, 0.2) is 0 Å².